The topological polar surface area (TPSA) is 78.5 Å². The van der Waals surface area contributed by atoms with Crippen molar-refractivity contribution in [3.05, 3.63) is 71.3 Å². The predicted molar refractivity (Wildman–Crippen MR) is 133 cm³/mol. The Balaban J connectivity index is 1.35. The molecule has 2 aliphatic rings. The monoisotopic (exact) mass is 461 g/mol. The van der Waals surface area contributed by atoms with E-state index in [0.29, 0.717) is 24.2 Å². The first-order valence-corrected chi connectivity index (χ1v) is 12.6. The molecule has 3 amide bonds. The van der Waals surface area contributed by atoms with Gasteiger partial charge < -0.3 is 15.5 Å². The molecule has 0 radical (unpaired) electrons. The number of nitrogens with zero attached hydrogens (tertiary/aromatic N) is 1. The van der Waals surface area contributed by atoms with Crippen LogP contribution in [-0.2, 0) is 11.2 Å². The molecule has 0 spiro atoms. The van der Waals surface area contributed by atoms with Gasteiger partial charge in [0.05, 0.1) is 5.92 Å². The van der Waals surface area contributed by atoms with E-state index >= 15 is 0 Å². The Labute approximate surface area is 202 Å². The zero-order valence-corrected chi connectivity index (χ0v) is 20.0. The molecule has 2 aromatic rings. The summed E-state index contributed by atoms with van der Waals surface area (Å²) in [4.78, 5) is 40.7. The third-order valence-corrected chi connectivity index (χ3v) is 7.13. The maximum atomic E-state index is 13.2. The smallest absolute Gasteiger partial charge is 0.253 e. The van der Waals surface area contributed by atoms with E-state index in [0.717, 1.165) is 44.9 Å². The van der Waals surface area contributed by atoms with E-state index < -0.39 is 0 Å². The van der Waals surface area contributed by atoms with E-state index in [1.165, 1.54) is 5.56 Å². The summed E-state index contributed by atoms with van der Waals surface area (Å²) in [5, 5.41) is 6.35. The third-order valence-electron chi connectivity index (χ3n) is 7.13. The van der Waals surface area contributed by atoms with Crippen LogP contribution in [0.3, 0.4) is 0 Å². The molecule has 4 rings (SSSR count). The van der Waals surface area contributed by atoms with Gasteiger partial charge in [0.1, 0.15) is 0 Å². The van der Waals surface area contributed by atoms with Gasteiger partial charge in [0, 0.05) is 36.3 Å². The third kappa shape index (κ3) is 5.85. The highest BCUT2D eigenvalue weighted by Gasteiger charge is 2.33. The molecule has 1 heterocycles. The second-order valence-corrected chi connectivity index (χ2v) is 9.49. The van der Waals surface area contributed by atoms with Crippen LogP contribution in [0, 0.1) is 5.92 Å². The number of rotatable bonds is 6. The van der Waals surface area contributed by atoms with E-state index in [1.54, 1.807) is 12.1 Å². The largest absolute Gasteiger partial charge is 0.351 e. The average molecular weight is 462 g/mol. The predicted octanol–water partition coefficient (Wildman–Crippen LogP) is 3.96. The number of hydrogen-bond acceptors (Lipinski definition) is 3. The second kappa shape index (κ2) is 11.3. The van der Waals surface area contributed by atoms with E-state index in [4.69, 9.17) is 0 Å². The van der Waals surface area contributed by atoms with E-state index in [-0.39, 0.29) is 35.7 Å². The summed E-state index contributed by atoms with van der Waals surface area (Å²) < 4.78 is 0. The first-order valence-electron chi connectivity index (χ1n) is 12.6. The van der Waals surface area contributed by atoms with Crippen molar-refractivity contribution < 1.29 is 14.4 Å². The minimum absolute atomic E-state index is 0.00850. The molecule has 2 N–H and O–H groups in total. The van der Waals surface area contributed by atoms with Gasteiger partial charge in [-0.1, -0.05) is 50.1 Å². The SMILES string of the molecule is CCc1ccc(C(=O)N2CCCC(C(=O)N[C@@H]3CCCC[C@H]3NC(=O)c3ccccc3)C2)cc1. The summed E-state index contributed by atoms with van der Waals surface area (Å²) in [5.41, 5.74) is 2.51. The molecule has 1 saturated heterocycles. The maximum Gasteiger partial charge on any atom is 0.253 e. The molecular weight excluding hydrogens is 426 g/mol. The van der Waals surface area contributed by atoms with E-state index in [9.17, 15) is 14.4 Å². The Morgan fingerprint density at radius 3 is 2.18 bits per heavy atom. The van der Waals surface area contributed by atoms with Crippen LogP contribution in [0.4, 0.5) is 0 Å². The fraction of sp³-hybridized carbons (Fsp3) is 0.464. The molecule has 2 fully saturated rings. The number of hydrogen-bond donors (Lipinski definition) is 2. The number of carbonyl (C=O) groups is 3. The van der Waals surface area contributed by atoms with Crippen molar-refractivity contribution in [2.45, 2.75) is 64.0 Å². The van der Waals surface area contributed by atoms with E-state index in [2.05, 4.69) is 17.6 Å². The lowest BCUT2D eigenvalue weighted by Crippen LogP contribution is -2.55. The molecule has 1 aliphatic carbocycles. The molecule has 1 saturated carbocycles. The van der Waals surface area contributed by atoms with Gasteiger partial charge in [-0.2, -0.15) is 0 Å². The Hall–Kier alpha value is -3.15. The van der Waals surface area contributed by atoms with Crippen molar-refractivity contribution in [3.8, 4) is 0 Å². The number of benzene rings is 2. The highest BCUT2D eigenvalue weighted by atomic mass is 16.2. The Bertz CT molecular complexity index is 990. The number of aryl methyl sites for hydroxylation is 1. The van der Waals surface area contributed by atoms with Crippen molar-refractivity contribution in [1.82, 2.24) is 15.5 Å². The lowest BCUT2D eigenvalue weighted by atomic mass is 9.88. The summed E-state index contributed by atoms with van der Waals surface area (Å²) >= 11 is 0. The first-order chi connectivity index (χ1) is 16.5. The van der Waals surface area contributed by atoms with Crippen molar-refractivity contribution in [2.24, 2.45) is 5.92 Å². The molecule has 1 unspecified atom stereocenters. The zero-order chi connectivity index (χ0) is 23.9. The molecule has 6 heteroatoms. The Kier molecular flexibility index (Phi) is 7.99. The molecular formula is C28H35N3O3. The summed E-state index contributed by atoms with van der Waals surface area (Å²) in [7, 11) is 0. The summed E-state index contributed by atoms with van der Waals surface area (Å²) in [6.07, 6.45) is 6.31. The molecule has 1 aliphatic heterocycles. The molecule has 3 atom stereocenters. The number of carbonyl (C=O) groups excluding carboxylic acids is 3. The molecule has 2 aromatic carbocycles. The lowest BCUT2D eigenvalue weighted by Gasteiger charge is -2.36. The molecule has 0 aromatic heterocycles. The van der Waals surface area contributed by atoms with Crippen LogP contribution in [0.5, 0.6) is 0 Å². The van der Waals surface area contributed by atoms with Crippen LogP contribution in [0.15, 0.2) is 54.6 Å². The van der Waals surface area contributed by atoms with E-state index in [1.807, 2.05) is 47.4 Å². The van der Waals surface area contributed by atoms with Crippen LogP contribution in [-0.4, -0.2) is 47.8 Å². The number of amides is 3. The van der Waals surface area contributed by atoms with Crippen molar-refractivity contribution in [3.63, 3.8) is 0 Å². The standard InChI is InChI=1S/C28H35N3O3/c1-2-20-14-16-22(17-15-20)28(34)31-18-8-11-23(19-31)27(33)30-25-13-7-6-12-24(25)29-26(32)21-9-4-3-5-10-21/h3-5,9-10,14-17,23-25H,2,6-8,11-13,18-19H2,1H3,(H,29,32)(H,30,33)/t23?,24-,25-/m1/s1. The van der Waals surface area contributed by atoms with Gasteiger partial charge in [-0.15, -0.1) is 0 Å². The normalized spacial score (nSPS) is 22.6. The molecule has 34 heavy (non-hydrogen) atoms. The fourth-order valence-electron chi connectivity index (χ4n) is 5.06. The van der Waals surface area contributed by atoms with Crippen molar-refractivity contribution in [1.29, 1.82) is 0 Å². The minimum atomic E-state index is -0.222. The first kappa shape index (κ1) is 24.0. The fourth-order valence-corrected chi connectivity index (χ4v) is 5.06. The molecule has 180 valence electrons. The van der Waals surface area contributed by atoms with Crippen LogP contribution >= 0.6 is 0 Å². The Morgan fingerprint density at radius 1 is 0.824 bits per heavy atom. The highest BCUT2D eigenvalue weighted by molar-refractivity contribution is 5.95. The quantitative estimate of drug-likeness (QED) is 0.684. The average Bonchev–Trinajstić information content (AvgIpc) is 2.90. The second-order valence-electron chi connectivity index (χ2n) is 9.49. The molecule has 6 nitrogen and oxygen atoms in total. The number of likely N-dealkylation sites (tertiary alicyclic amines) is 1. The summed E-state index contributed by atoms with van der Waals surface area (Å²) in [6, 6.07) is 16.8. The molecule has 0 bridgehead atoms. The maximum absolute atomic E-state index is 13.2. The van der Waals surface area contributed by atoms with Gasteiger partial charge in [-0.05, 0) is 61.9 Å². The van der Waals surface area contributed by atoms with Crippen LogP contribution < -0.4 is 10.6 Å². The van der Waals surface area contributed by atoms with Crippen LogP contribution in [0.2, 0.25) is 0 Å². The lowest BCUT2D eigenvalue weighted by molar-refractivity contribution is -0.127. The number of nitrogens with one attached hydrogen (secondary N) is 2. The summed E-state index contributed by atoms with van der Waals surface area (Å²) in [6.45, 7) is 3.21. The van der Waals surface area contributed by atoms with Gasteiger partial charge in [0.15, 0.2) is 0 Å². The minimum Gasteiger partial charge on any atom is -0.351 e. The Morgan fingerprint density at radius 2 is 1.50 bits per heavy atom. The van der Waals surface area contributed by atoms with Gasteiger partial charge in [-0.25, -0.2) is 0 Å². The van der Waals surface area contributed by atoms with Gasteiger partial charge in [0.2, 0.25) is 5.91 Å². The van der Waals surface area contributed by atoms with Crippen molar-refractivity contribution in [2.75, 3.05) is 13.1 Å². The van der Waals surface area contributed by atoms with Gasteiger partial charge >= 0.3 is 0 Å². The number of piperidine rings is 1. The van der Waals surface area contributed by atoms with Crippen LogP contribution in [0.1, 0.15) is 71.7 Å². The van der Waals surface area contributed by atoms with Crippen LogP contribution in [0.25, 0.3) is 0 Å². The zero-order valence-electron chi connectivity index (χ0n) is 20.0. The van der Waals surface area contributed by atoms with Crippen molar-refractivity contribution >= 4 is 17.7 Å². The van der Waals surface area contributed by atoms with Gasteiger partial charge in [0.25, 0.3) is 11.8 Å². The highest BCUT2D eigenvalue weighted by Crippen LogP contribution is 2.23. The van der Waals surface area contributed by atoms with Gasteiger partial charge in [-0.3, -0.25) is 14.4 Å². The summed E-state index contributed by atoms with van der Waals surface area (Å²) in [5.74, 6) is -0.342.